The van der Waals surface area contributed by atoms with E-state index in [1.54, 1.807) is 3.21 Å². The van der Waals surface area contributed by atoms with Gasteiger partial charge >= 0.3 is 235 Å². The van der Waals surface area contributed by atoms with E-state index in [0.29, 0.717) is 7.25 Å². The molecule has 38 heavy (non-hydrogen) atoms. The van der Waals surface area contributed by atoms with Crippen LogP contribution >= 0.6 is 0 Å². The molecule has 1 atom stereocenters. The van der Waals surface area contributed by atoms with Crippen molar-refractivity contribution in [3.8, 4) is 11.1 Å². The molecule has 0 saturated carbocycles. The minimum absolute atomic E-state index is 0.447. The number of fused-ring (bicyclic) bond motifs is 4. The molecule has 5 aromatic rings. The Morgan fingerprint density at radius 1 is 0.553 bits per heavy atom. The molecule has 0 fully saturated rings. The van der Waals surface area contributed by atoms with Crippen molar-refractivity contribution in [2.45, 2.75) is 21.1 Å². The van der Waals surface area contributed by atoms with Crippen molar-refractivity contribution in [1.82, 2.24) is 0 Å². The van der Waals surface area contributed by atoms with Gasteiger partial charge in [-0.05, 0) is 0 Å². The monoisotopic (exact) mass is 564 g/mol. The summed E-state index contributed by atoms with van der Waals surface area (Å²) in [5, 5.41) is 0. The van der Waals surface area contributed by atoms with E-state index in [2.05, 4.69) is 147 Å². The molecule has 0 heterocycles. The second-order valence-corrected chi connectivity index (χ2v) is 16.9. The second-order valence-electron chi connectivity index (χ2n) is 10.5. The van der Waals surface area contributed by atoms with Gasteiger partial charge in [0.1, 0.15) is 0 Å². The van der Waals surface area contributed by atoms with Crippen LogP contribution < -0.4 is 0 Å². The van der Waals surface area contributed by atoms with Crippen molar-refractivity contribution in [3.63, 3.8) is 0 Å². The summed E-state index contributed by atoms with van der Waals surface area (Å²) in [5.41, 5.74) is 14.5. The minimum atomic E-state index is -2.68. The van der Waals surface area contributed by atoms with Gasteiger partial charge in [-0.3, -0.25) is 0 Å². The van der Waals surface area contributed by atoms with Gasteiger partial charge in [0.05, 0.1) is 0 Å². The van der Waals surface area contributed by atoms with E-state index in [1.165, 1.54) is 55.6 Å². The summed E-state index contributed by atoms with van der Waals surface area (Å²) in [6, 6.07) is 45.7. The number of aryl methyl sites for hydroxylation is 1. The molecular weight excluding hydrogens is 536 g/mol. The standard InChI is InChI=1S/C13H9.C13H10.C11H11.Zr/c1-3-7-12-10(5-1)9-11-6-2-4-8-13(11)12;1-3-7-12(8-4-1)11-13-9-5-2-6-10-13;1-8-6-7-10-4-3-5-11(10)9(8)2;/h1-9H;1-10H;3-7H,1-2H3;. The van der Waals surface area contributed by atoms with Crippen LogP contribution in [-0.4, -0.2) is 3.21 Å². The van der Waals surface area contributed by atoms with Crippen LogP contribution in [0.3, 0.4) is 0 Å². The molecule has 0 aliphatic heterocycles. The van der Waals surface area contributed by atoms with Crippen molar-refractivity contribution in [2.24, 2.45) is 0 Å². The average Bonchev–Trinajstić information content (AvgIpc) is 3.55. The van der Waals surface area contributed by atoms with Gasteiger partial charge in [0.25, 0.3) is 0 Å². The summed E-state index contributed by atoms with van der Waals surface area (Å²) in [6.45, 7) is 4.54. The zero-order chi connectivity index (χ0) is 25.6. The summed E-state index contributed by atoms with van der Waals surface area (Å²) < 4.78 is 2.53. The van der Waals surface area contributed by atoms with Crippen LogP contribution in [0.4, 0.5) is 0 Å². The first-order chi connectivity index (χ1) is 18.7. The Balaban J connectivity index is 1.61. The predicted octanol–water partition coefficient (Wildman–Crippen LogP) is 9.03. The summed E-state index contributed by atoms with van der Waals surface area (Å²) in [5.74, 6) is 0. The van der Waals surface area contributed by atoms with Gasteiger partial charge in [0.15, 0.2) is 0 Å². The molecule has 5 aromatic carbocycles. The van der Waals surface area contributed by atoms with E-state index in [-0.39, 0.29) is 0 Å². The Labute approximate surface area is 233 Å². The third-order valence-corrected chi connectivity index (χ3v) is 17.3. The normalized spacial score (nSPS) is 15.2. The Morgan fingerprint density at radius 2 is 1.08 bits per heavy atom. The van der Waals surface area contributed by atoms with Gasteiger partial charge in [0, 0.05) is 0 Å². The Morgan fingerprint density at radius 3 is 1.66 bits per heavy atom. The molecule has 2 aliphatic carbocycles. The molecule has 0 N–H and O–H groups in total. The van der Waals surface area contributed by atoms with E-state index in [0.717, 1.165) is 0 Å². The van der Waals surface area contributed by atoms with E-state index < -0.39 is 21.3 Å². The quantitative estimate of drug-likeness (QED) is 0.204. The van der Waals surface area contributed by atoms with Gasteiger partial charge in [-0.25, -0.2) is 0 Å². The number of rotatable bonds is 4. The molecule has 1 unspecified atom stereocenters. The summed E-state index contributed by atoms with van der Waals surface area (Å²) in [7, 11) is 0. The third-order valence-electron chi connectivity index (χ3n) is 8.50. The van der Waals surface area contributed by atoms with Crippen molar-refractivity contribution >= 4 is 9.28 Å². The SMILES string of the molecule is Cc1ccc2c(c1C)C=C[CH]2[Zr](=[C](c1ccccc1)c1ccccc1)[CH]1c2ccccc2-c2ccccc21. The van der Waals surface area contributed by atoms with Crippen molar-refractivity contribution in [2.75, 3.05) is 0 Å². The topological polar surface area (TPSA) is 0 Å². The summed E-state index contributed by atoms with van der Waals surface area (Å²) in [6.07, 6.45) is 5.00. The van der Waals surface area contributed by atoms with Crippen LogP contribution in [0.1, 0.15) is 51.8 Å². The molecular formula is C37H30Zr. The number of hydrogen-bond acceptors (Lipinski definition) is 0. The van der Waals surface area contributed by atoms with Gasteiger partial charge in [-0.1, -0.05) is 0 Å². The average molecular weight is 566 g/mol. The summed E-state index contributed by atoms with van der Waals surface area (Å²) in [4.78, 5) is 0. The van der Waals surface area contributed by atoms with Gasteiger partial charge < -0.3 is 0 Å². The molecule has 0 amide bonds. The third kappa shape index (κ3) is 3.79. The zero-order valence-corrected chi connectivity index (χ0v) is 24.3. The second kappa shape index (κ2) is 9.72. The van der Waals surface area contributed by atoms with E-state index in [4.69, 9.17) is 0 Å². The molecule has 0 nitrogen and oxygen atoms in total. The van der Waals surface area contributed by atoms with Crippen LogP contribution in [-0.2, 0) is 21.3 Å². The maximum atomic E-state index is 2.57. The predicted molar refractivity (Wildman–Crippen MR) is 158 cm³/mol. The van der Waals surface area contributed by atoms with E-state index in [9.17, 15) is 0 Å². The first-order valence-corrected chi connectivity index (χ1v) is 17.6. The molecule has 0 saturated heterocycles. The first-order valence-electron chi connectivity index (χ1n) is 13.5. The fourth-order valence-corrected chi connectivity index (χ4v) is 16.5. The van der Waals surface area contributed by atoms with E-state index >= 15 is 0 Å². The molecule has 7 rings (SSSR count). The molecule has 1 heteroatoms. The van der Waals surface area contributed by atoms with Crippen LogP contribution in [0, 0.1) is 13.8 Å². The Kier molecular flexibility index (Phi) is 6.06. The molecule has 0 aromatic heterocycles. The van der Waals surface area contributed by atoms with Crippen LogP contribution in [0.25, 0.3) is 17.2 Å². The molecule has 2 aliphatic rings. The van der Waals surface area contributed by atoms with Crippen molar-refractivity contribution in [1.29, 1.82) is 0 Å². The fourth-order valence-electron chi connectivity index (χ4n) is 6.60. The van der Waals surface area contributed by atoms with Crippen LogP contribution in [0.15, 0.2) is 127 Å². The molecule has 0 spiro atoms. The summed E-state index contributed by atoms with van der Waals surface area (Å²) >= 11 is -2.68. The van der Waals surface area contributed by atoms with E-state index in [1.807, 2.05) is 0 Å². The van der Waals surface area contributed by atoms with Crippen molar-refractivity contribution < 1.29 is 21.3 Å². The number of hydrogen-bond donors (Lipinski definition) is 0. The van der Waals surface area contributed by atoms with Gasteiger partial charge in [0.2, 0.25) is 0 Å². The molecule has 0 radical (unpaired) electrons. The van der Waals surface area contributed by atoms with Crippen LogP contribution in [0.2, 0.25) is 0 Å². The Hall–Kier alpha value is -3.41. The zero-order valence-electron chi connectivity index (χ0n) is 21.9. The van der Waals surface area contributed by atoms with Gasteiger partial charge in [-0.2, -0.15) is 0 Å². The first kappa shape index (κ1) is 23.7. The fraction of sp³-hybridized carbons (Fsp3) is 0.108. The van der Waals surface area contributed by atoms with Gasteiger partial charge in [-0.15, -0.1) is 0 Å². The Bertz CT molecular complexity index is 1640. The van der Waals surface area contributed by atoms with Crippen LogP contribution in [0.5, 0.6) is 0 Å². The maximum absolute atomic E-state index is 2.68. The molecule has 0 bridgehead atoms. The number of benzene rings is 5. The number of allylic oxidation sites excluding steroid dienone is 1. The van der Waals surface area contributed by atoms with Crippen molar-refractivity contribution in [3.05, 3.63) is 172 Å². The molecule has 182 valence electrons.